The molecule has 0 N–H and O–H groups in total. The van der Waals surface area contributed by atoms with E-state index in [-0.39, 0.29) is 0 Å². The Morgan fingerprint density at radius 3 is 2.67 bits per heavy atom. The number of allylic oxidation sites excluding steroid dienone is 3. The lowest BCUT2D eigenvalue weighted by Crippen LogP contribution is -1.59. The highest BCUT2D eigenvalue weighted by Gasteiger charge is 1.70. The van der Waals surface area contributed by atoms with E-state index in [2.05, 4.69) is 25.7 Å². The molecule has 0 aliphatic heterocycles. The summed E-state index contributed by atoms with van der Waals surface area (Å²) in [6.45, 7) is 6.20. The summed E-state index contributed by atoms with van der Waals surface area (Å²) in [6, 6.07) is 0. The van der Waals surface area contributed by atoms with E-state index < -0.39 is 0 Å². The second-order valence-electron chi connectivity index (χ2n) is 1.96. The summed E-state index contributed by atoms with van der Waals surface area (Å²) >= 11 is 0. The van der Waals surface area contributed by atoms with Crippen LogP contribution in [-0.4, -0.2) is 0 Å². The quantitative estimate of drug-likeness (QED) is 0.390. The first-order valence-corrected chi connectivity index (χ1v) is 3.35. The van der Waals surface area contributed by atoms with Gasteiger partial charge in [-0.3, -0.25) is 0 Å². The molecule has 0 aromatic rings. The summed E-state index contributed by atoms with van der Waals surface area (Å²) in [6.07, 6.45) is 7.14. The Morgan fingerprint density at radius 1 is 1.56 bits per heavy atom. The Morgan fingerprint density at radius 2 is 2.22 bits per heavy atom. The third-order valence-corrected chi connectivity index (χ3v) is 1.09. The molecule has 0 aromatic heterocycles. The van der Waals surface area contributed by atoms with Gasteiger partial charge < -0.3 is 0 Å². The van der Waals surface area contributed by atoms with Crippen molar-refractivity contribution in [3.05, 3.63) is 29.5 Å². The summed E-state index contributed by atoms with van der Waals surface area (Å²) in [7, 11) is 0. The zero-order valence-corrected chi connectivity index (χ0v) is 6.44. The lowest BCUT2D eigenvalue weighted by atomic mass is 10.3. The van der Waals surface area contributed by atoms with Crippen molar-refractivity contribution >= 4 is 0 Å². The molecule has 0 rings (SSSR count). The minimum atomic E-state index is 1.06. The normalized spacial score (nSPS) is 10.3. The van der Waals surface area contributed by atoms with Crippen LogP contribution >= 0.6 is 0 Å². The first-order chi connectivity index (χ1) is 4.31. The van der Waals surface area contributed by atoms with Gasteiger partial charge in [-0.1, -0.05) is 13.0 Å². The monoisotopic (exact) mass is 122 g/mol. The molecule has 0 unspecified atom stereocenters. The third kappa shape index (κ3) is 5.13. The van der Waals surface area contributed by atoms with Gasteiger partial charge in [-0.05, 0) is 38.0 Å². The second kappa shape index (κ2) is 5.40. The average molecular weight is 122 g/mol. The molecule has 0 radical (unpaired) electrons. The van der Waals surface area contributed by atoms with Crippen LogP contribution in [0.3, 0.4) is 0 Å². The molecule has 9 heavy (non-hydrogen) atoms. The topological polar surface area (TPSA) is 0 Å². The average Bonchev–Trinajstić information content (AvgIpc) is 1.89. The van der Waals surface area contributed by atoms with E-state index in [9.17, 15) is 0 Å². The van der Waals surface area contributed by atoms with Gasteiger partial charge in [0, 0.05) is 0 Å². The minimum absolute atomic E-state index is 1.06. The molecule has 0 aliphatic carbocycles. The van der Waals surface area contributed by atoms with Crippen molar-refractivity contribution in [3.8, 4) is 0 Å². The molecular formula is C9H14. The Bertz CT molecular complexity index is 143. The molecule has 0 bridgehead atoms. The predicted molar refractivity (Wildman–Crippen MR) is 42.4 cm³/mol. The highest BCUT2D eigenvalue weighted by atomic mass is 13.8. The van der Waals surface area contributed by atoms with Gasteiger partial charge in [0.15, 0.2) is 0 Å². The molecule has 0 atom stereocenters. The third-order valence-electron chi connectivity index (χ3n) is 1.09. The fourth-order valence-corrected chi connectivity index (χ4v) is 0.392. The van der Waals surface area contributed by atoms with Gasteiger partial charge in [0.05, 0.1) is 0 Å². The van der Waals surface area contributed by atoms with Crippen LogP contribution in [0.15, 0.2) is 29.5 Å². The Labute approximate surface area is 57.6 Å². The zero-order valence-electron chi connectivity index (χ0n) is 6.44. The van der Waals surface area contributed by atoms with Crippen LogP contribution in [0.5, 0.6) is 0 Å². The Kier molecular flexibility index (Phi) is 4.95. The van der Waals surface area contributed by atoms with Gasteiger partial charge in [0.25, 0.3) is 0 Å². The van der Waals surface area contributed by atoms with Crippen molar-refractivity contribution < 1.29 is 0 Å². The van der Waals surface area contributed by atoms with Gasteiger partial charge >= 0.3 is 0 Å². The molecule has 0 fully saturated rings. The van der Waals surface area contributed by atoms with E-state index >= 15 is 0 Å². The summed E-state index contributed by atoms with van der Waals surface area (Å²) < 4.78 is 0. The zero-order chi connectivity index (χ0) is 7.11. The summed E-state index contributed by atoms with van der Waals surface area (Å²) in [4.78, 5) is 0. The highest BCUT2D eigenvalue weighted by molar-refractivity contribution is 5.13. The van der Waals surface area contributed by atoms with Crippen LogP contribution in [0, 0.1) is 0 Å². The Hall–Kier alpha value is -0.740. The molecule has 0 spiro atoms. The minimum Gasteiger partial charge on any atom is -0.125 e. The van der Waals surface area contributed by atoms with Crippen LogP contribution in [0.4, 0.5) is 0 Å². The largest absolute Gasteiger partial charge is 0.125 e. The SMILES string of the molecule is CC=C(C)C=C=CCC. The lowest BCUT2D eigenvalue weighted by molar-refractivity contribution is 1.23. The molecular weight excluding hydrogens is 108 g/mol. The second-order valence-corrected chi connectivity index (χ2v) is 1.96. The molecule has 0 nitrogen and oxygen atoms in total. The van der Waals surface area contributed by atoms with Crippen molar-refractivity contribution in [1.82, 2.24) is 0 Å². The van der Waals surface area contributed by atoms with Crippen molar-refractivity contribution in [3.63, 3.8) is 0 Å². The first-order valence-electron chi connectivity index (χ1n) is 3.35. The Balaban J connectivity index is 3.84. The maximum atomic E-state index is 3.07. The van der Waals surface area contributed by atoms with E-state index in [1.54, 1.807) is 0 Å². The van der Waals surface area contributed by atoms with Crippen molar-refractivity contribution in [1.29, 1.82) is 0 Å². The maximum Gasteiger partial charge on any atom is -0.0177 e. The molecule has 0 saturated heterocycles. The summed E-state index contributed by atoms with van der Waals surface area (Å²) in [5, 5.41) is 0. The van der Waals surface area contributed by atoms with Gasteiger partial charge in [0.1, 0.15) is 0 Å². The standard InChI is InChI=1S/C9H14/c1-4-6-7-8-9(3)5-2/h5-6,8H,4H2,1-3H3. The van der Waals surface area contributed by atoms with Gasteiger partial charge in [-0.15, -0.1) is 5.73 Å². The number of hydrogen-bond donors (Lipinski definition) is 0. The van der Waals surface area contributed by atoms with Gasteiger partial charge in [-0.2, -0.15) is 0 Å². The molecule has 50 valence electrons. The van der Waals surface area contributed by atoms with Crippen LogP contribution < -0.4 is 0 Å². The summed E-state index contributed by atoms with van der Waals surface area (Å²) in [5.41, 5.74) is 4.33. The smallest absolute Gasteiger partial charge is 0.0177 e. The van der Waals surface area contributed by atoms with Crippen molar-refractivity contribution in [2.24, 2.45) is 0 Å². The highest BCUT2D eigenvalue weighted by Crippen LogP contribution is 1.91. The fourth-order valence-electron chi connectivity index (χ4n) is 0.392. The van der Waals surface area contributed by atoms with E-state index in [0.29, 0.717) is 0 Å². The van der Waals surface area contributed by atoms with E-state index in [4.69, 9.17) is 0 Å². The van der Waals surface area contributed by atoms with E-state index in [0.717, 1.165) is 6.42 Å². The van der Waals surface area contributed by atoms with E-state index in [1.807, 2.05) is 19.1 Å². The fraction of sp³-hybridized carbons (Fsp3) is 0.444. The molecule has 0 saturated carbocycles. The van der Waals surface area contributed by atoms with Gasteiger partial charge in [-0.25, -0.2) is 0 Å². The summed E-state index contributed by atoms with van der Waals surface area (Å²) in [5.74, 6) is 0. The molecule has 0 amide bonds. The molecule has 0 aromatic carbocycles. The van der Waals surface area contributed by atoms with Gasteiger partial charge in [0.2, 0.25) is 0 Å². The van der Waals surface area contributed by atoms with Crippen LogP contribution in [0.25, 0.3) is 0 Å². The molecule has 0 heterocycles. The number of rotatable bonds is 2. The maximum absolute atomic E-state index is 3.07. The van der Waals surface area contributed by atoms with Crippen molar-refractivity contribution in [2.45, 2.75) is 27.2 Å². The van der Waals surface area contributed by atoms with E-state index in [1.165, 1.54) is 5.57 Å². The lowest BCUT2D eigenvalue weighted by Gasteiger charge is -1.80. The van der Waals surface area contributed by atoms with Crippen LogP contribution in [0.2, 0.25) is 0 Å². The predicted octanol–water partition coefficient (Wildman–Crippen LogP) is 3.07. The van der Waals surface area contributed by atoms with Crippen molar-refractivity contribution in [2.75, 3.05) is 0 Å². The molecule has 0 aliphatic rings. The van der Waals surface area contributed by atoms with Crippen LogP contribution in [-0.2, 0) is 0 Å². The van der Waals surface area contributed by atoms with Crippen LogP contribution in [0.1, 0.15) is 27.2 Å². The number of hydrogen-bond acceptors (Lipinski definition) is 0. The molecule has 0 heteroatoms. The first kappa shape index (κ1) is 8.26.